The molecule has 2 N–H and O–H groups in total. The van der Waals surface area contributed by atoms with Gasteiger partial charge in [-0.1, -0.05) is 31.7 Å². The van der Waals surface area contributed by atoms with Crippen LogP contribution in [-0.4, -0.2) is 13.1 Å². The van der Waals surface area contributed by atoms with E-state index >= 15 is 0 Å². The Balaban J connectivity index is 1.69. The van der Waals surface area contributed by atoms with Crippen molar-refractivity contribution in [1.82, 2.24) is 0 Å². The molecule has 2 heteroatoms. The number of benzene rings is 1. The molecule has 1 heterocycles. The second-order valence-corrected chi connectivity index (χ2v) is 5.87. The maximum absolute atomic E-state index is 6.10. The Labute approximate surface area is 110 Å². The molecule has 0 spiro atoms. The summed E-state index contributed by atoms with van der Waals surface area (Å²) in [5.41, 5.74) is 9.87. The van der Waals surface area contributed by atoms with Crippen LogP contribution in [0, 0.1) is 5.92 Å². The van der Waals surface area contributed by atoms with Crippen molar-refractivity contribution in [3.8, 4) is 0 Å². The molecule has 18 heavy (non-hydrogen) atoms. The van der Waals surface area contributed by atoms with E-state index in [9.17, 15) is 0 Å². The molecule has 1 aliphatic heterocycles. The van der Waals surface area contributed by atoms with Gasteiger partial charge in [0.05, 0.1) is 0 Å². The predicted octanol–water partition coefficient (Wildman–Crippen LogP) is 3.60. The zero-order valence-corrected chi connectivity index (χ0v) is 11.2. The summed E-state index contributed by atoms with van der Waals surface area (Å²) in [5, 5.41) is 0. The minimum Gasteiger partial charge on any atom is -0.398 e. The lowest BCUT2D eigenvalue weighted by molar-refractivity contribution is 0.494. The number of nitrogens with two attached hydrogens (primary N) is 1. The van der Waals surface area contributed by atoms with Crippen LogP contribution in [0.15, 0.2) is 18.2 Å². The summed E-state index contributed by atoms with van der Waals surface area (Å²) in [5.74, 6) is 0.983. The summed E-state index contributed by atoms with van der Waals surface area (Å²) in [6, 6.07) is 6.39. The van der Waals surface area contributed by atoms with Gasteiger partial charge >= 0.3 is 0 Å². The van der Waals surface area contributed by atoms with Crippen molar-refractivity contribution in [3.63, 3.8) is 0 Å². The van der Waals surface area contributed by atoms with Gasteiger partial charge in [0.1, 0.15) is 0 Å². The lowest BCUT2D eigenvalue weighted by Crippen LogP contribution is -2.31. The molecule has 1 aliphatic carbocycles. The number of nitrogen functional groups attached to an aromatic ring is 1. The van der Waals surface area contributed by atoms with Crippen LogP contribution in [0.2, 0.25) is 0 Å². The van der Waals surface area contributed by atoms with Gasteiger partial charge in [0.2, 0.25) is 0 Å². The molecule has 0 amide bonds. The molecule has 0 atom stereocenters. The van der Waals surface area contributed by atoms with E-state index in [0.29, 0.717) is 0 Å². The Morgan fingerprint density at radius 3 is 2.83 bits per heavy atom. The Morgan fingerprint density at radius 2 is 2.00 bits per heavy atom. The van der Waals surface area contributed by atoms with Crippen molar-refractivity contribution in [2.45, 2.75) is 44.9 Å². The van der Waals surface area contributed by atoms with E-state index in [4.69, 9.17) is 5.73 Å². The fraction of sp³-hybridized carbons (Fsp3) is 0.625. The molecule has 0 radical (unpaired) electrons. The van der Waals surface area contributed by atoms with Gasteiger partial charge in [-0.05, 0) is 42.9 Å². The standard InChI is InChI=1S/C16H24N2/c17-15-8-3-9-16-14(15)7-4-11-18(16)12-10-13-5-1-2-6-13/h3,8-9,13H,1-2,4-7,10-12,17H2. The smallest absolute Gasteiger partial charge is 0.0419 e. The van der Waals surface area contributed by atoms with Gasteiger partial charge in [-0.2, -0.15) is 0 Å². The third-order valence-electron chi connectivity index (χ3n) is 4.67. The van der Waals surface area contributed by atoms with E-state index in [1.807, 2.05) is 6.07 Å². The van der Waals surface area contributed by atoms with Crippen LogP contribution in [0.1, 0.15) is 44.1 Å². The first-order valence-corrected chi connectivity index (χ1v) is 7.47. The monoisotopic (exact) mass is 244 g/mol. The molecule has 0 bridgehead atoms. The number of nitrogens with zero attached hydrogens (tertiary/aromatic N) is 1. The average molecular weight is 244 g/mol. The van der Waals surface area contributed by atoms with Crippen LogP contribution >= 0.6 is 0 Å². The van der Waals surface area contributed by atoms with Crippen LogP contribution < -0.4 is 10.6 Å². The van der Waals surface area contributed by atoms with E-state index in [2.05, 4.69) is 17.0 Å². The van der Waals surface area contributed by atoms with Gasteiger partial charge in [0.25, 0.3) is 0 Å². The van der Waals surface area contributed by atoms with E-state index in [-0.39, 0.29) is 0 Å². The Kier molecular flexibility index (Phi) is 3.44. The molecule has 0 unspecified atom stereocenters. The van der Waals surface area contributed by atoms with Crippen molar-refractivity contribution in [2.24, 2.45) is 5.92 Å². The second kappa shape index (κ2) is 5.21. The van der Waals surface area contributed by atoms with Crippen LogP contribution in [0.25, 0.3) is 0 Å². The summed E-state index contributed by atoms with van der Waals surface area (Å²) in [6.07, 6.45) is 9.60. The molecule has 1 saturated carbocycles. The summed E-state index contributed by atoms with van der Waals surface area (Å²) in [7, 11) is 0. The normalized spacial score (nSPS) is 20.1. The van der Waals surface area contributed by atoms with Gasteiger partial charge in [-0.3, -0.25) is 0 Å². The van der Waals surface area contributed by atoms with Crippen molar-refractivity contribution in [1.29, 1.82) is 0 Å². The largest absolute Gasteiger partial charge is 0.398 e. The van der Waals surface area contributed by atoms with Crippen LogP contribution in [0.3, 0.4) is 0 Å². The molecule has 0 saturated heterocycles. The first kappa shape index (κ1) is 11.9. The number of rotatable bonds is 3. The quantitative estimate of drug-likeness (QED) is 0.823. The average Bonchev–Trinajstić information content (AvgIpc) is 2.90. The maximum atomic E-state index is 6.10. The molecule has 1 fully saturated rings. The molecule has 1 aromatic rings. The molecule has 98 valence electrons. The molecular formula is C16H24N2. The number of fused-ring (bicyclic) bond motifs is 1. The van der Waals surface area contributed by atoms with E-state index in [0.717, 1.165) is 18.0 Å². The van der Waals surface area contributed by atoms with Crippen molar-refractivity contribution < 1.29 is 0 Å². The van der Waals surface area contributed by atoms with E-state index in [1.165, 1.54) is 62.9 Å². The maximum Gasteiger partial charge on any atom is 0.0419 e. The fourth-order valence-corrected chi connectivity index (χ4v) is 3.60. The van der Waals surface area contributed by atoms with Crippen molar-refractivity contribution in [2.75, 3.05) is 23.7 Å². The Morgan fingerprint density at radius 1 is 1.17 bits per heavy atom. The SMILES string of the molecule is Nc1cccc2c1CCCN2CCC1CCCC1. The summed E-state index contributed by atoms with van der Waals surface area (Å²) in [4.78, 5) is 2.56. The van der Waals surface area contributed by atoms with Crippen LogP contribution in [-0.2, 0) is 6.42 Å². The summed E-state index contributed by atoms with van der Waals surface area (Å²) >= 11 is 0. The third-order valence-corrected chi connectivity index (χ3v) is 4.67. The van der Waals surface area contributed by atoms with Crippen molar-refractivity contribution >= 4 is 11.4 Å². The topological polar surface area (TPSA) is 29.3 Å². The highest BCUT2D eigenvalue weighted by Gasteiger charge is 2.20. The van der Waals surface area contributed by atoms with Gasteiger partial charge in [-0.25, -0.2) is 0 Å². The van der Waals surface area contributed by atoms with Gasteiger partial charge in [0.15, 0.2) is 0 Å². The van der Waals surface area contributed by atoms with Crippen LogP contribution in [0.5, 0.6) is 0 Å². The highest BCUT2D eigenvalue weighted by Crippen LogP contribution is 2.33. The summed E-state index contributed by atoms with van der Waals surface area (Å²) < 4.78 is 0. The highest BCUT2D eigenvalue weighted by molar-refractivity contribution is 5.66. The fourth-order valence-electron chi connectivity index (χ4n) is 3.60. The molecule has 1 aromatic carbocycles. The summed E-state index contributed by atoms with van der Waals surface area (Å²) in [6.45, 7) is 2.43. The van der Waals surface area contributed by atoms with Gasteiger partial charge < -0.3 is 10.6 Å². The molecule has 2 nitrogen and oxygen atoms in total. The van der Waals surface area contributed by atoms with Crippen LogP contribution in [0.4, 0.5) is 11.4 Å². The lowest BCUT2D eigenvalue weighted by atomic mass is 9.98. The number of hydrogen-bond donors (Lipinski definition) is 1. The highest BCUT2D eigenvalue weighted by atomic mass is 15.1. The number of anilines is 2. The first-order valence-electron chi connectivity index (χ1n) is 7.47. The number of hydrogen-bond acceptors (Lipinski definition) is 2. The predicted molar refractivity (Wildman–Crippen MR) is 78.0 cm³/mol. The Hall–Kier alpha value is -1.18. The van der Waals surface area contributed by atoms with E-state index < -0.39 is 0 Å². The Bertz CT molecular complexity index is 408. The van der Waals surface area contributed by atoms with Gasteiger partial charge in [-0.15, -0.1) is 0 Å². The first-order chi connectivity index (χ1) is 8.84. The molecular weight excluding hydrogens is 220 g/mol. The van der Waals surface area contributed by atoms with E-state index in [1.54, 1.807) is 0 Å². The molecule has 0 aromatic heterocycles. The molecule has 2 aliphatic rings. The molecule has 3 rings (SSSR count). The zero-order valence-electron chi connectivity index (χ0n) is 11.2. The third kappa shape index (κ3) is 2.33. The van der Waals surface area contributed by atoms with Gasteiger partial charge in [0, 0.05) is 24.5 Å². The minimum absolute atomic E-state index is 0.983. The second-order valence-electron chi connectivity index (χ2n) is 5.87. The van der Waals surface area contributed by atoms with Crippen molar-refractivity contribution in [3.05, 3.63) is 23.8 Å². The zero-order chi connectivity index (χ0) is 12.4. The minimum atomic E-state index is 0.983. The lowest BCUT2D eigenvalue weighted by Gasteiger charge is -2.32.